The monoisotopic (exact) mass is 411 g/mol. The molecule has 0 aliphatic heterocycles. The van der Waals surface area contributed by atoms with Crippen LogP contribution in [0.2, 0.25) is 0 Å². The maximum absolute atomic E-state index is 5.97. The van der Waals surface area contributed by atoms with Gasteiger partial charge in [-0.1, -0.05) is 44.0 Å². The summed E-state index contributed by atoms with van der Waals surface area (Å²) in [7, 11) is 1.71. The largest absolute Gasteiger partial charge is 0.496 e. The van der Waals surface area contributed by atoms with Crippen LogP contribution in [-0.4, -0.2) is 13.7 Å². The minimum atomic E-state index is 0.391. The number of halogens is 2. The van der Waals surface area contributed by atoms with E-state index < -0.39 is 0 Å². The van der Waals surface area contributed by atoms with Crippen LogP contribution in [0.25, 0.3) is 0 Å². The Bertz CT molecular complexity index is 601. The Kier molecular flexibility index (Phi) is 6.27. The molecular weight excluding hydrogens is 394 g/mol. The maximum atomic E-state index is 5.97. The normalized spacial score (nSPS) is 12.2. The fraction of sp³-hybridized carbons (Fsp3) is 0.294. The number of ether oxygens (including phenoxy) is 1. The molecule has 4 heteroatoms. The van der Waals surface area contributed by atoms with Crippen LogP contribution in [0.4, 0.5) is 0 Å². The van der Waals surface area contributed by atoms with Crippen LogP contribution in [0.15, 0.2) is 51.4 Å². The number of hydrogen-bond acceptors (Lipinski definition) is 2. The molecule has 0 amide bonds. The van der Waals surface area contributed by atoms with Crippen molar-refractivity contribution in [2.24, 2.45) is 11.7 Å². The number of benzene rings is 2. The highest BCUT2D eigenvalue weighted by Gasteiger charge is 2.13. The van der Waals surface area contributed by atoms with E-state index in [1.165, 1.54) is 11.1 Å². The van der Waals surface area contributed by atoms with Gasteiger partial charge in [-0.2, -0.15) is 0 Å². The molecule has 2 N–H and O–H groups in total. The standard InChI is InChI=1S/C17H19Br2NO/c1-21-17-6-5-16(19)10-14(17)8-13(11-20)7-12-3-2-4-15(18)9-12/h2-6,9-10,13H,7-8,11,20H2,1H3. The Morgan fingerprint density at radius 1 is 1.05 bits per heavy atom. The molecule has 2 aromatic rings. The SMILES string of the molecule is COc1ccc(Br)cc1CC(CN)Cc1cccc(Br)c1. The molecule has 0 bridgehead atoms. The Morgan fingerprint density at radius 3 is 2.48 bits per heavy atom. The Morgan fingerprint density at radius 2 is 1.81 bits per heavy atom. The summed E-state index contributed by atoms with van der Waals surface area (Å²) in [6.07, 6.45) is 1.87. The predicted molar refractivity (Wildman–Crippen MR) is 94.8 cm³/mol. The molecule has 21 heavy (non-hydrogen) atoms. The van der Waals surface area contributed by atoms with Crippen molar-refractivity contribution in [3.8, 4) is 5.75 Å². The van der Waals surface area contributed by atoms with Crippen LogP contribution in [-0.2, 0) is 12.8 Å². The average molecular weight is 413 g/mol. The molecule has 0 fully saturated rings. The number of hydrogen-bond donors (Lipinski definition) is 1. The molecule has 112 valence electrons. The first kappa shape index (κ1) is 16.5. The van der Waals surface area contributed by atoms with Gasteiger partial charge in [-0.05, 0) is 66.8 Å². The van der Waals surface area contributed by atoms with E-state index in [1.807, 2.05) is 18.2 Å². The Hall–Kier alpha value is -0.840. The van der Waals surface area contributed by atoms with Crippen molar-refractivity contribution in [3.05, 3.63) is 62.5 Å². The number of nitrogens with two attached hydrogens (primary N) is 1. The van der Waals surface area contributed by atoms with Crippen LogP contribution in [0.5, 0.6) is 5.75 Å². The number of methoxy groups -OCH3 is 1. The fourth-order valence-corrected chi connectivity index (χ4v) is 3.31. The van der Waals surface area contributed by atoms with Crippen molar-refractivity contribution < 1.29 is 4.74 Å². The van der Waals surface area contributed by atoms with E-state index in [4.69, 9.17) is 10.5 Å². The Balaban J connectivity index is 2.14. The van der Waals surface area contributed by atoms with Crippen molar-refractivity contribution in [2.75, 3.05) is 13.7 Å². The average Bonchev–Trinajstić information content (AvgIpc) is 2.47. The molecule has 2 aromatic carbocycles. The second-order valence-electron chi connectivity index (χ2n) is 5.10. The molecular formula is C17H19Br2NO. The molecule has 0 radical (unpaired) electrons. The van der Waals surface area contributed by atoms with Crippen LogP contribution in [0.3, 0.4) is 0 Å². The molecule has 1 atom stereocenters. The van der Waals surface area contributed by atoms with E-state index >= 15 is 0 Å². The molecule has 2 nitrogen and oxygen atoms in total. The second-order valence-corrected chi connectivity index (χ2v) is 6.93. The molecule has 0 heterocycles. The van der Waals surface area contributed by atoms with Gasteiger partial charge in [0.1, 0.15) is 5.75 Å². The summed E-state index contributed by atoms with van der Waals surface area (Å²) in [5.41, 5.74) is 8.46. The summed E-state index contributed by atoms with van der Waals surface area (Å²) in [5, 5.41) is 0. The van der Waals surface area contributed by atoms with Crippen LogP contribution in [0.1, 0.15) is 11.1 Å². The lowest BCUT2D eigenvalue weighted by Gasteiger charge is -2.17. The summed E-state index contributed by atoms with van der Waals surface area (Å²) in [5.74, 6) is 1.31. The van der Waals surface area contributed by atoms with Gasteiger partial charge >= 0.3 is 0 Å². The van der Waals surface area contributed by atoms with E-state index in [-0.39, 0.29) is 0 Å². The molecule has 0 spiro atoms. The third-order valence-electron chi connectivity index (χ3n) is 3.50. The summed E-state index contributed by atoms with van der Waals surface area (Å²) < 4.78 is 7.62. The van der Waals surface area contributed by atoms with Gasteiger partial charge < -0.3 is 10.5 Å². The first-order chi connectivity index (χ1) is 10.1. The summed E-state index contributed by atoms with van der Waals surface area (Å²) >= 11 is 7.04. The van der Waals surface area contributed by atoms with Gasteiger partial charge in [0.25, 0.3) is 0 Å². The lowest BCUT2D eigenvalue weighted by molar-refractivity contribution is 0.403. The highest BCUT2D eigenvalue weighted by molar-refractivity contribution is 9.10. The van der Waals surface area contributed by atoms with E-state index in [2.05, 4.69) is 56.1 Å². The van der Waals surface area contributed by atoms with Gasteiger partial charge in [0.05, 0.1) is 7.11 Å². The summed E-state index contributed by atoms with van der Waals surface area (Å²) in [4.78, 5) is 0. The lowest BCUT2D eigenvalue weighted by atomic mass is 9.92. The van der Waals surface area contributed by atoms with Gasteiger partial charge in [-0.25, -0.2) is 0 Å². The molecule has 0 saturated carbocycles. The fourth-order valence-electron chi connectivity index (χ4n) is 2.45. The molecule has 0 aromatic heterocycles. The molecule has 0 aliphatic rings. The molecule has 2 rings (SSSR count). The zero-order valence-electron chi connectivity index (χ0n) is 12.0. The first-order valence-electron chi connectivity index (χ1n) is 6.89. The van der Waals surface area contributed by atoms with Gasteiger partial charge in [-0.15, -0.1) is 0 Å². The van der Waals surface area contributed by atoms with Crippen LogP contribution < -0.4 is 10.5 Å². The van der Waals surface area contributed by atoms with Crippen LogP contribution >= 0.6 is 31.9 Å². The zero-order valence-corrected chi connectivity index (χ0v) is 15.2. The third kappa shape index (κ3) is 4.83. The van der Waals surface area contributed by atoms with E-state index in [1.54, 1.807) is 7.11 Å². The van der Waals surface area contributed by atoms with E-state index in [0.29, 0.717) is 12.5 Å². The van der Waals surface area contributed by atoms with Gasteiger partial charge in [0.2, 0.25) is 0 Å². The van der Waals surface area contributed by atoms with Gasteiger partial charge in [0, 0.05) is 8.95 Å². The van der Waals surface area contributed by atoms with Crippen molar-refractivity contribution in [3.63, 3.8) is 0 Å². The van der Waals surface area contributed by atoms with Crippen LogP contribution in [0, 0.1) is 5.92 Å². The highest BCUT2D eigenvalue weighted by atomic mass is 79.9. The topological polar surface area (TPSA) is 35.2 Å². The van der Waals surface area contributed by atoms with Gasteiger partial charge in [0.15, 0.2) is 0 Å². The highest BCUT2D eigenvalue weighted by Crippen LogP contribution is 2.26. The first-order valence-corrected chi connectivity index (χ1v) is 8.48. The van der Waals surface area contributed by atoms with Crippen molar-refractivity contribution >= 4 is 31.9 Å². The zero-order chi connectivity index (χ0) is 15.2. The predicted octanol–water partition coefficient (Wildman–Crippen LogP) is 4.58. The van der Waals surface area contributed by atoms with E-state index in [0.717, 1.165) is 27.5 Å². The van der Waals surface area contributed by atoms with E-state index in [9.17, 15) is 0 Å². The Labute approximate surface area is 143 Å². The molecule has 0 saturated heterocycles. The summed E-state index contributed by atoms with van der Waals surface area (Å²) in [6.45, 7) is 0.655. The number of rotatable bonds is 6. The second kappa shape index (κ2) is 7.97. The van der Waals surface area contributed by atoms with Gasteiger partial charge in [-0.3, -0.25) is 0 Å². The lowest BCUT2D eigenvalue weighted by Crippen LogP contribution is -2.19. The smallest absolute Gasteiger partial charge is 0.122 e. The minimum absolute atomic E-state index is 0.391. The molecule has 0 aliphatic carbocycles. The molecule has 1 unspecified atom stereocenters. The van der Waals surface area contributed by atoms with Crippen molar-refractivity contribution in [2.45, 2.75) is 12.8 Å². The third-order valence-corrected chi connectivity index (χ3v) is 4.48. The minimum Gasteiger partial charge on any atom is -0.496 e. The van der Waals surface area contributed by atoms with Crippen molar-refractivity contribution in [1.82, 2.24) is 0 Å². The maximum Gasteiger partial charge on any atom is 0.122 e. The van der Waals surface area contributed by atoms with Crippen molar-refractivity contribution in [1.29, 1.82) is 0 Å². The summed E-state index contributed by atoms with van der Waals surface area (Å²) in [6, 6.07) is 14.5. The quantitative estimate of drug-likeness (QED) is 0.753.